The van der Waals surface area contributed by atoms with Crippen molar-refractivity contribution in [2.45, 2.75) is 77.5 Å². The number of aliphatic carboxylic acids is 2. The summed E-state index contributed by atoms with van der Waals surface area (Å²) in [6.45, 7) is 6.96. The van der Waals surface area contributed by atoms with Crippen molar-refractivity contribution < 1.29 is 34.2 Å². The fraction of sp³-hybridized carbons (Fsp3) is 0.714. The third-order valence-corrected chi connectivity index (χ3v) is 5.39. The second-order valence-corrected chi connectivity index (χ2v) is 8.65. The minimum atomic E-state index is -1.58. The molecule has 0 bridgehead atoms. The maximum Gasteiger partial charge on any atom is 0.326 e. The zero-order valence-electron chi connectivity index (χ0n) is 20.6. The van der Waals surface area contributed by atoms with E-state index in [9.17, 15) is 34.2 Å². The highest BCUT2D eigenvalue weighted by molar-refractivity contribution is 5.95. The lowest BCUT2D eigenvalue weighted by Gasteiger charge is -2.26. The Kier molecular flexibility index (Phi) is 14.0. The minimum Gasteiger partial charge on any atom is -0.481 e. The SMILES string of the molecule is CCC(C)C(NC(=O)C(CC(=O)O)NC(=O)C(CCCN=C(N)N)NC(=O)C(N)C(C)C)C(=O)O. The second-order valence-electron chi connectivity index (χ2n) is 8.65. The number of guanidine groups is 1. The molecule has 11 N–H and O–H groups in total. The van der Waals surface area contributed by atoms with Gasteiger partial charge in [-0.1, -0.05) is 34.1 Å². The summed E-state index contributed by atoms with van der Waals surface area (Å²) in [6, 6.07) is -4.94. The van der Waals surface area contributed by atoms with Crippen molar-refractivity contribution >= 4 is 35.6 Å². The Morgan fingerprint density at radius 3 is 1.89 bits per heavy atom. The molecule has 35 heavy (non-hydrogen) atoms. The average Bonchev–Trinajstić information content (AvgIpc) is 2.76. The molecule has 0 saturated carbocycles. The van der Waals surface area contributed by atoms with E-state index in [2.05, 4.69) is 20.9 Å². The zero-order chi connectivity index (χ0) is 27.3. The van der Waals surface area contributed by atoms with Crippen LogP contribution in [0, 0.1) is 11.8 Å². The number of nitrogens with zero attached hydrogens (tertiary/aromatic N) is 1. The zero-order valence-corrected chi connectivity index (χ0v) is 20.6. The molecule has 0 aromatic heterocycles. The van der Waals surface area contributed by atoms with Crippen LogP contribution in [0.15, 0.2) is 4.99 Å². The van der Waals surface area contributed by atoms with E-state index in [1.165, 1.54) is 0 Å². The van der Waals surface area contributed by atoms with Gasteiger partial charge in [0.25, 0.3) is 0 Å². The van der Waals surface area contributed by atoms with Gasteiger partial charge in [-0.05, 0) is 24.7 Å². The van der Waals surface area contributed by atoms with Gasteiger partial charge in [0.15, 0.2) is 5.96 Å². The summed E-state index contributed by atoms with van der Waals surface area (Å²) < 4.78 is 0. The number of amides is 3. The van der Waals surface area contributed by atoms with Crippen LogP contribution in [-0.2, 0) is 24.0 Å². The molecule has 0 spiro atoms. The maximum atomic E-state index is 13.0. The quantitative estimate of drug-likeness (QED) is 0.0661. The van der Waals surface area contributed by atoms with Crippen LogP contribution in [0.1, 0.15) is 53.4 Å². The van der Waals surface area contributed by atoms with Gasteiger partial charge < -0.3 is 43.4 Å². The van der Waals surface area contributed by atoms with Crippen LogP contribution < -0.4 is 33.2 Å². The van der Waals surface area contributed by atoms with E-state index in [0.29, 0.717) is 6.42 Å². The lowest BCUT2D eigenvalue weighted by Crippen LogP contribution is -2.58. The van der Waals surface area contributed by atoms with E-state index in [1.54, 1.807) is 27.7 Å². The topological polar surface area (TPSA) is 252 Å². The summed E-state index contributed by atoms with van der Waals surface area (Å²) in [5.41, 5.74) is 16.4. The van der Waals surface area contributed by atoms with E-state index in [1.807, 2.05) is 0 Å². The van der Waals surface area contributed by atoms with Gasteiger partial charge in [0.05, 0.1) is 12.5 Å². The highest BCUT2D eigenvalue weighted by Crippen LogP contribution is 2.09. The Bertz CT molecular complexity index is 784. The number of rotatable bonds is 16. The highest BCUT2D eigenvalue weighted by Gasteiger charge is 2.33. The predicted molar refractivity (Wildman–Crippen MR) is 128 cm³/mol. The molecule has 14 heteroatoms. The van der Waals surface area contributed by atoms with Crippen LogP contribution in [0.2, 0.25) is 0 Å². The van der Waals surface area contributed by atoms with Gasteiger partial charge >= 0.3 is 11.9 Å². The molecule has 0 aliphatic heterocycles. The van der Waals surface area contributed by atoms with Crippen molar-refractivity contribution in [1.29, 1.82) is 0 Å². The summed E-state index contributed by atoms with van der Waals surface area (Å²) in [5.74, 6) is -5.92. The largest absolute Gasteiger partial charge is 0.481 e. The molecule has 0 aromatic rings. The molecule has 0 aliphatic rings. The summed E-state index contributed by atoms with van der Waals surface area (Å²) in [4.78, 5) is 64.8. The van der Waals surface area contributed by atoms with Gasteiger partial charge in [0.1, 0.15) is 18.1 Å². The average molecular weight is 502 g/mol. The molecular formula is C21H39N7O7. The van der Waals surface area contributed by atoms with Crippen molar-refractivity contribution in [3.63, 3.8) is 0 Å². The first-order valence-corrected chi connectivity index (χ1v) is 11.4. The van der Waals surface area contributed by atoms with Gasteiger partial charge in [-0.2, -0.15) is 0 Å². The number of nitrogens with one attached hydrogen (secondary N) is 3. The fourth-order valence-corrected chi connectivity index (χ4v) is 2.94. The molecule has 3 amide bonds. The van der Waals surface area contributed by atoms with Gasteiger partial charge in [-0.3, -0.25) is 24.2 Å². The second kappa shape index (κ2) is 15.5. The van der Waals surface area contributed by atoms with Crippen LogP contribution in [0.4, 0.5) is 0 Å². The summed E-state index contributed by atoms with van der Waals surface area (Å²) in [6.07, 6.45) is -0.0267. The van der Waals surface area contributed by atoms with Crippen molar-refractivity contribution in [2.24, 2.45) is 34.0 Å². The van der Waals surface area contributed by atoms with E-state index in [0.717, 1.165) is 0 Å². The van der Waals surface area contributed by atoms with E-state index in [-0.39, 0.29) is 31.3 Å². The molecule has 0 rings (SSSR count). The van der Waals surface area contributed by atoms with Gasteiger partial charge in [-0.25, -0.2) is 4.79 Å². The van der Waals surface area contributed by atoms with E-state index < -0.39 is 66.2 Å². The highest BCUT2D eigenvalue weighted by atomic mass is 16.4. The molecule has 0 fully saturated rings. The number of aliphatic imine (C=N–C) groups is 1. The first-order valence-electron chi connectivity index (χ1n) is 11.4. The van der Waals surface area contributed by atoms with Crippen molar-refractivity contribution in [3.05, 3.63) is 0 Å². The molecule has 0 radical (unpaired) electrons. The molecule has 5 unspecified atom stereocenters. The number of nitrogens with two attached hydrogens (primary N) is 3. The lowest BCUT2D eigenvalue weighted by molar-refractivity contribution is -0.144. The monoisotopic (exact) mass is 501 g/mol. The fourth-order valence-electron chi connectivity index (χ4n) is 2.94. The number of carboxylic acids is 2. The number of hydrogen-bond donors (Lipinski definition) is 8. The number of carbonyl (C=O) groups excluding carboxylic acids is 3. The Morgan fingerprint density at radius 2 is 1.43 bits per heavy atom. The number of carbonyl (C=O) groups is 5. The normalized spacial score (nSPS) is 15.1. The van der Waals surface area contributed by atoms with Crippen LogP contribution >= 0.6 is 0 Å². The predicted octanol–water partition coefficient (Wildman–Crippen LogP) is -1.92. The Balaban J connectivity index is 5.67. The van der Waals surface area contributed by atoms with E-state index >= 15 is 0 Å². The van der Waals surface area contributed by atoms with Crippen LogP contribution in [0.5, 0.6) is 0 Å². The summed E-state index contributed by atoms with van der Waals surface area (Å²) in [5, 5.41) is 25.7. The summed E-state index contributed by atoms with van der Waals surface area (Å²) in [7, 11) is 0. The molecule has 0 saturated heterocycles. The minimum absolute atomic E-state index is 0.0607. The van der Waals surface area contributed by atoms with Gasteiger partial charge in [-0.15, -0.1) is 0 Å². The summed E-state index contributed by atoms with van der Waals surface area (Å²) >= 11 is 0. The van der Waals surface area contributed by atoms with Crippen molar-refractivity contribution in [3.8, 4) is 0 Å². The van der Waals surface area contributed by atoms with Gasteiger partial charge in [0, 0.05) is 6.54 Å². The first-order chi connectivity index (χ1) is 16.2. The third-order valence-electron chi connectivity index (χ3n) is 5.39. The molecule has 0 heterocycles. The molecule has 5 atom stereocenters. The third kappa shape index (κ3) is 12.0. The number of hydrogen-bond acceptors (Lipinski definition) is 7. The van der Waals surface area contributed by atoms with Crippen LogP contribution in [0.3, 0.4) is 0 Å². The van der Waals surface area contributed by atoms with Crippen molar-refractivity contribution in [1.82, 2.24) is 16.0 Å². The Morgan fingerprint density at radius 1 is 0.886 bits per heavy atom. The maximum absolute atomic E-state index is 13.0. The van der Waals surface area contributed by atoms with Crippen molar-refractivity contribution in [2.75, 3.05) is 6.54 Å². The van der Waals surface area contributed by atoms with E-state index in [4.69, 9.17) is 17.2 Å². The smallest absolute Gasteiger partial charge is 0.326 e. The van der Waals surface area contributed by atoms with Crippen LogP contribution in [0.25, 0.3) is 0 Å². The molecule has 0 aromatic carbocycles. The molecular weight excluding hydrogens is 462 g/mol. The Labute approximate surface area is 204 Å². The van der Waals surface area contributed by atoms with Gasteiger partial charge in [0.2, 0.25) is 17.7 Å². The standard InChI is InChI=1S/C21H39N7O7/c1-5-11(4)16(20(34)35)28-18(32)13(9-14(29)30)27-17(31)12(7-6-8-25-21(23)24)26-19(33)15(22)10(2)3/h10-13,15-16H,5-9,22H2,1-4H3,(H,26,33)(H,27,31)(H,28,32)(H,29,30)(H,34,35)(H4,23,24,25). The van der Waals surface area contributed by atoms with Crippen LogP contribution in [-0.4, -0.2) is 76.5 Å². The lowest BCUT2D eigenvalue weighted by atomic mass is 9.98. The first kappa shape index (κ1) is 31.6. The molecule has 14 nitrogen and oxygen atoms in total. The Hall–Kier alpha value is -3.42. The number of carboxylic acid groups (broad SMARTS) is 2. The molecule has 0 aliphatic carbocycles. The molecule has 200 valence electrons.